The molecule has 0 atom stereocenters. The summed E-state index contributed by atoms with van der Waals surface area (Å²) in [4.78, 5) is 20.9. The van der Waals surface area contributed by atoms with Gasteiger partial charge in [-0.05, 0) is 42.2 Å². The zero-order chi connectivity index (χ0) is 18.5. The van der Waals surface area contributed by atoms with Crippen molar-refractivity contribution >= 4 is 28.5 Å². The van der Waals surface area contributed by atoms with Crippen molar-refractivity contribution in [2.75, 3.05) is 11.9 Å². The van der Waals surface area contributed by atoms with Gasteiger partial charge in [0.05, 0.1) is 17.2 Å². The van der Waals surface area contributed by atoms with Crippen LogP contribution in [0.25, 0.3) is 11.0 Å². The van der Waals surface area contributed by atoms with Gasteiger partial charge in [-0.3, -0.25) is 9.78 Å². The van der Waals surface area contributed by atoms with Gasteiger partial charge in [0.1, 0.15) is 5.82 Å². The molecule has 0 saturated carbocycles. The molecule has 2 N–H and O–H groups in total. The topological polar surface area (TPSA) is 101 Å². The largest absolute Gasteiger partial charge is 0.396 e. The Bertz CT molecular complexity index is 927. The SMILES string of the molecule is CC(C)c1cnnc(Nc2ccc3ncc(C(=O)CCCO)cc3n2)c1. The first-order valence-electron chi connectivity index (χ1n) is 8.57. The molecule has 0 bridgehead atoms. The van der Waals surface area contributed by atoms with E-state index in [-0.39, 0.29) is 12.4 Å². The van der Waals surface area contributed by atoms with Gasteiger partial charge in [-0.2, -0.15) is 5.10 Å². The second-order valence-electron chi connectivity index (χ2n) is 6.36. The lowest BCUT2D eigenvalue weighted by Crippen LogP contribution is -2.03. The number of aliphatic hydroxyl groups is 1. The number of aromatic nitrogens is 4. The predicted molar refractivity (Wildman–Crippen MR) is 99.6 cm³/mol. The van der Waals surface area contributed by atoms with Crippen LogP contribution < -0.4 is 5.32 Å². The molecule has 0 aliphatic rings. The van der Waals surface area contributed by atoms with E-state index in [4.69, 9.17) is 5.11 Å². The van der Waals surface area contributed by atoms with Crippen LogP contribution in [0.5, 0.6) is 0 Å². The number of pyridine rings is 2. The van der Waals surface area contributed by atoms with E-state index in [1.165, 1.54) is 0 Å². The van der Waals surface area contributed by atoms with Gasteiger partial charge in [0.25, 0.3) is 0 Å². The summed E-state index contributed by atoms with van der Waals surface area (Å²) in [5.41, 5.74) is 2.91. The van der Waals surface area contributed by atoms with E-state index >= 15 is 0 Å². The van der Waals surface area contributed by atoms with Gasteiger partial charge in [0.2, 0.25) is 0 Å². The fourth-order valence-corrected chi connectivity index (χ4v) is 2.50. The Hall–Kier alpha value is -2.93. The number of ketones is 1. The van der Waals surface area contributed by atoms with Gasteiger partial charge in [-0.15, -0.1) is 5.10 Å². The molecule has 0 saturated heterocycles. The minimum atomic E-state index is -0.0517. The van der Waals surface area contributed by atoms with Crippen LogP contribution in [0.4, 0.5) is 11.6 Å². The second kappa shape index (κ2) is 7.97. The van der Waals surface area contributed by atoms with Crippen molar-refractivity contribution in [3.8, 4) is 0 Å². The Morgan fingerprint density at radius 1 is 1.15 bits per heavy atom. The Labute approximate surface area is 151 Å². The highest BCUT2D eigenvalue weighted by Gasteiger charge is 2.09. The van der Waals surface area contributed by atoms with Gasteiger partial charge in [0.15, 0.2) is 11.6 Å². The van der Waals surface area contributed by atoms with Gasteiger partial charge in [0, 0.05) is 24.8 Å². The standard InChI is InChI=1S/C19H21N5O2/c1-12(2)13-9-19(24-21-11-13)23-18-6-5-15-16(22-18)8-14(10-20-15)17(26)4-3-7-25/h5-6,8-12,25H,3-4,7H2,1-2H3,(H,22,23,24). The third-order valence-corrected chi connectivity index (χ3v) is 4.02. The molecule has 0 aliphatic carbocycles. The third kappa shape index (κ3) is 4.18. The third-order valence-electron chi connectivity index (χ3n) is 4.02. The maximum atomic E-state index is 12.1. The quantitative estimate of drug-likeness (QED) is 0.630. The second-order valence-corrected chi connectivity index (χ2v) is 6.36. The number of hydrogen-bond acceptors (Lipinski definition) is 7. The molecule has 3 heterocycles. The average Bonchev–Trinajstić information content (AvgIpc) is 2.65. The molecule has 7 heteroatoms. The van der Waals surface area contributed by atoms with Crippen molar-refractivity contribution in [1.82, 2.24) is 20.2 Å². The van der Waals surface area contributed by atoms with E-state index in [1.54, 1.807) is 18.5 Å². The number of carbonyl (C=O) groups is 1. The van der Waals surface area contributed by atoms with Crippen molar-refractivity contribution in [3.05, 3.63) is 47.8 Å². The Morgan fingerprint density at radius 2 is 2.00 bits per heavy atom. The summed E-state index contributed by atoms with van der Waals surface area (Å²) in [7, 11) is 0. The van der Waals surface area contributed by atoms with E-state index in [2.05, 4.69) is 39.3 Å². The average molecular weight is 351 g/mol. The molecular formula is C19H21N5O2. The normalized spacial score (nSPS) is 11.1. The van der Waals surface area contributed by atoms with Crippen LogP contribution in [0.2, 0.25) is 0 Å². The Kier molecular flexibility index (Phi) is 5.48. The number of aliphatic hydroxyl groups excluding tert-OH is 1. The smallest absolute Gasteiger partial charge is 0.164 e. The first kappa shape index (κ1) is 17.9. The molecule has 134 valence electrons. The maximum absolute atomic E-state index is 12.1. The van der Waals surface area contributed by atoms with Crippen molar-refractivity contribution in [3.63, 3.8) is 0 Å². The number of Topliss-reactive ketones (excluding diaryl/α,β-unsaturated/α-hetero) is 1. The zero-order valence-electron chi connectivity index (χ0n) is 14.8. The van der Waals surface area contributed by atoms with Crippen LogP contribution in [-0.2, 0) is 0 Å². The molecule has 0 unspecified atom stereocenters. The number of fused-ring (bicyclic) bond motifs is 1. The fraction of sp³-hybridized carbons (Fsp3) is 0.316. The van der Waals surface area contributed by atoms with E-state index in [0.29, 0.717) is 47.0 Å². The van der Waals surface area contributed by atoms with E-state index in [1.807, 2.05) is 18.2 Å². The molecule has 0 spiro atoms. The predicted octanol–water partition coefficient (Wildman–Crippen LogP) is 3.24. The number of anilines is 2. The number of hydrogen-bond donors (Lipinski definition) is 2. The number of nitrogens with zero attached hydrogens (tertiary/aromatic N) is 4. The van der Waals surface area contributed by atoms with Crippen LogP contribution >= 0.6 is 0 Å². The van der Waals surface area contributed by atoms with E-state index in [9.17, 15) is 4.79 Å². The van der Waals surface area contributed by atoms with Gasteiger partial charge < -0.3 is 10.4 Å². The van der Waals surface area contributed by atoms with E-state index in [0.717, 1.165) is 5.56 Å². The van der Waals surface area contributed by atoms with Gasteiger partial charge >= 0.3 is 0 Å². The minimum absolute atomic E-state index is 0.00442. The van der Waals surface area contributed by atoms with Crippen LogP contribution in [0, 0.1) is 0 Å². The lowest BCUT2D eigenvalue weighted by molar-refractivity contribution is 0.0971. The highest BCUT2D eigenvalue weighted by Crippen LogP contribution is 2.20. The Morgan fingerprint density at radius 3 is 2.77 bits per heavy atom. The summed E-state index contributed by atoms with van der Waals surface area (Å²) in [6.07, 6.45) is 4.03. The zero-order valence-corrected chi connectivity index (χ0v) is 14.8. The molecule has 0 amide bonds. The molecule has 3 aromatic heterocycles. The molecule has 0 aromatic carbocycles. The molecule has 0 fully saturated rings. The van der Waals surface area contributed by atoms with Gasteiger partial charge in [-0.1, -0.05) is 13.8 Å². The monoisotopic (exact) mass is 351 g/mol. The lowest BCUT2D eigenvalue weighted by atomic mass is 10.1. The Balaban J connectivity index is 1.85. The number of rotatable bonds is 7. The fourth-order valence-electron chi connectivity index (χ4n) is 2.50. The number of nitrogens with one attached hydrogen (secondary N) is 1. The molecular weight excluding hydrogens is 330 g/mol. The lowest BCUT2D eigenvalue weighted by Gasteiger charge is -2.09. The first-order valence-corrected chi connectivity index (χ1v) is 8.57. The van der Waals surface area contributed by atoms with Crippen molar-refractivity contribution in [2.45, 2.75) is 32.6 Å². The molecule has 0 aliphatic heterocycles. The molecule has 7 nitrogen and oxygen atoms in total. The highest BCUT2D eigenvalue weighted by atomic mass is 16.3. The van der Waals surface area contributed by atoms with Crippen LogP contribution in [-0.4, -0.2) is 37.7 Å². The van der Waals surface area contributed by atoms with Crippen molar-refractivity contribution < 1.29 is 9.90 Å². The van der Waals surface area contributed by atoms with Crippen molar-refractivity contribution in [2.24, 2.45) is 0 Å². The summed E-state index contributed by atoms with van der Waals surface area (Å²) in [6, 6.07) is 7.32. The molecule has 26 heavy (non-hydrogen) atoms. The summed E-state index contributed by atoms with van der Waals surface area (Å²) in [6.45, 7) is 4.18. The van der Waals surface area contributed by atoms with Gasteiger partial charge in [-0.25, -0.2) is 4.98 Å². The van der Waals surface area contributed by atoms with Crippen molar-refractivity contribution in [1.29, 1.82) is 0 Å². The minimum Gasteiger partial charge on any atom is -0.396 e. The van der Waals surface area contributed by atoms with Crippen LogP contribution in [0.1, 0.15) is 48.5 Å². The molecule has 0 radical (unpaired) electrons. The van der Waals surface area contributed by atoms with Crippen LogP contribution in [0.15, 0.2) is 36.7 Å². The summed E-state index contributed by atoms with van der Waals surface area (Å²) < 4.78 is 0. The first-order chi connectivity index (χ1) is 12.6. The number of carbonyl (C=O) groups excluding carboxylic acids is 1. The molecule has 3 rings (SSSR count). The molecule has 3 aromatic rings. The van der Waals surface area contributed by atoms with E-state index < -0.39 is 0 Å². The summed E-state index contributed by atoms with van der Waals surface area (Å²) in [5.74, 6) is 1.53. The summed E-state index contributed by atoms with van der Waals surface area (Å²) >= 11 is 0. The van der Waals surface area contributed by atoms with Crippen LogP contribution in [0.3, 0.4) is 0 Å². The highest BCUT2D eigenvalue weighted by molar-refractivity contribution is 5.98. The maximum Gasteiger partial charge on any atom is 0.164 e. The summed E-state index contributed by atoms with van der Waals surface area (Å²) in [5, 5.41) is 20.1.